The van der Waals surface area contributed by atoms with Crippen molar-refractivity contribution in [2.75, 3.05) is 12.3 Å². The summed E-state index contributed by atoms with van der Waals surface area (Å²) in [7, 11) is -3.76. The van der Waals surface area contributed by atoms with Gasteiger partial charge in [0, 0.05) is 17.2 Å². The summed E-state index contributed by atoms with van der Waals surface area (Å²) in [5.41, 5.74) is 2.56. The van der Waals surface area contributed by atoms with E-state index in [1.807, 2.05) is 12.1 Å². The van der Waals surface area contributed by atoms with E-state index in [1.165, 1.54) is 17.7 Å². The number of rotatable bonds is 7. The zero-order valence-electron chi connectivity index (χ0n) is 16.9. The number of carboxylic acids is 1. The molecule has 0 saturated carbocycles. The molecule has 0 aliphatic rings. The van der Waals surface area contributed by atoms with Crippen LogP contribution in [0.3, 0.4) is 0 Å². The predicted octanol–water partition coefficient (Wildman–Crippen LogP) is 4.37. The molecule has 0 atom stereocenters. The lowest BCUT2D eigenvalue weighted by Gasteiger charge is -2.19. The molecule has 0 aliphatic heterocycles. The largest absolute Gasteiger partial charge is 0.478 e. The average Bonchev–Trinajstić information content (AvgIpc) is 2.60. The number of benzene rings is 2. The van der Waals surface area contributed by atoms with Gasteiger partial charge in [-0.2, -0.15) is 0 Å². The van der Waals surface area contributed by atoms with E-state index in [1.54, 1.807) is 25.6 Å². The lowest BCUT2D eigenvalue weighted by atomic mass is 9.87. The lowest BCUT2D eigenvalue weighted by molar-refractivity contribution is 0.0695. The van der Waals surface area contributed by atoms with Crippen molar-refractivity contribution < 1.29 is 18.3 Å². The van der Waals surface area contributed by atoms with E-state index in [0.29, 0.717) is 16.9 Å². The van der Waals surface area contributed by atoms with Crippen molar-refractivity contribution in [3.05, 3.63) is 58.7 Å². The molecule has 2 aromatic carbocycles. The minimum Gasteiger partial charge on any atom is -0.478 e. The molecule has 2 N–H and O–H groups in total. The normalized spacial score (nSPS) is 12.2. The number of thioether (sulfide) groups is 1. The SMILES string of the molecule is Cc1cc(S(=O)(=O)NCCSc2ccc(C(C)(C)C)cc2)cc(C(=O)O)c1C. The van der Waals surface area contributed by atoms with Crippen LogP contribution < -0.4 is 4.72 Å². The van der Waals surface area contributed by atoms with Gasteiger partial charge >= 0.3 is 5.97 Å². The van der Waals surface area contributed by atoms with Gasteiger partial charge in [0.25, 0.3) is 0 Å². The Labute approximate surface area is 171 Å². The second-order valence-corrected chi connectivity index (χ2v) is 10.7. The van der Waals surface area contributed by atoms with Crippen LogP contribution in [-0.2, 0) is 15.4 Å². The Morgan fingerprint density at radius 3 is 2.25 bits per heavy atom. The second kappa shape index (κ2) is 8.68. The third-order valence-electron chi connectivity index (χ3n) is 4.56. The Morgan fingerprint density at radius 2 is 1.71 bits per heavy atom. The van der Waals surface area contributed by atoms with Gasteiger partial charge in [-0.1, -0.05) is 32.9 Å². The smallest absolute Gasteiger partial charge is 0.336 e. The van der Waals surface area contributed by atoms with Crippen LogP contribution in [0.25, 0.3) is 0 Å². The zero-order chi connectivity index (χ0) is 21.1. The summed E-state index contributed by atoms with van der Waals surface area (Å²) < 4.78 is 27.6. The molecule has 28 heavy (non-hydrogen) atoms. The average molecular weight is 422 g/mol. The third-order valence-corrected chi connectivity index (χ3v) is 7.02. The van der Waals surface area contributed by atoms with Gasteiger partial charge in [-0.05, 0) is 60.2 Å². The van der Waals surface area contributed by atoms with E-state index >= 15 is 0 Å². The standard InChI is InChI=1S/C21H27NO4S2/c1-14-12-18(13-19(15(14)2)20(23)24)28(25,26)22-10-11-27-17-8-6-16(7-9-17)21(3,4)5/h6-9,12-13,22H,10-11H2,1-5H3,(H,23,24). The first-order valence-electron chi connectivity index (χ1n) is 8.99. The molecular formula is C21H27NO4S2. The Balaban J connectivity index is 2.00. The quantitative estimate of drug-likeness (QED) is 0.512. The van der Waals surface area contributed by atoms with Gasteiger partial charge in [0.05, 0.1) is 10.5 Å². The predicted molar refractivity (Wildman–Crippen MR) is 114 cm³/mol. The topological polar surface area (TPSA) is 83.5 Å². The maximum Gasteiger partial charge on any atom is 0.336 e. The maximum absolute atomic E-state index is 12.5. The number of hydrogen-bond donors (Lipinski definition) is 2. The van der Waals surface area contributed by atoms with E-state index in [0.717, 1.165) is 4.90 Å². The fourth-order valence-corrected chi connectivity index (χ4v) is 4.72. The van der Waals surface area contributed by atoms with Crippen LogP contribution in [0.2, 0.25) is 0 Å². The molecule has 0 bridgehead atoms. The molecular weight excluding hydrogens is 394 g/mol. The van der Waals surface area contributed by atoms with Gasteiger partial charge in [0.1, 0.15) is 0 Å². The highest BCUT2D eigenvalue weighted by Crippen LogP contribution is 2.25. The molecule has 152 valence electrons. The molecule has 0 heterocycles. The Kier molecular flexibility index (Phi) is 6.96. The first kappa shape index (κ1) is 22.5. The van der Waals surface area contributed by atoms with Crippen molar-refractivity contribution in [2.24, 2.45) is 0 Å². The number of carbonyl (C=O) groups is 1. The minimum absolute atomic E-state index is 0.00804. The van der Waals surface area contributed by atoms with E-state index in [2.05, 4.69) is 37.6 Å². The highest BCUT2D eigenvalue weighted by atomic mass is 32.2. The third kappa shape index (κ3) is 5.59. The number of nitrogens with one attached hydrogen (secondary N) is 1. The van der Waals surface area contributed by atoms with E-state index in [9.17, 15) is 18.3 Å². The van der Waals surface area contributed by atoms with E-state index < -0.39 is 16.0 Å². The fourth-order valence-electron chi connectivity index (χ4n) is 2.68. The monoisotopic (exact) mass is 421 g/mol. The van der Waals surface area contributed by atoms with Crippen molar-refractivity contribution >= 4 is 27.8 Å². The van der Waals surface area contributed by atoms with Crippen LogP contribution in [-0.4, -0.2) is 31.8 Å². The number of hydrogen-bond acceptors (Lipinski definition) is 4. The highest BCUT2D eigenvalue weighted by Gasteiger charge is 2.19. The molecule has 0 spiro atoms. The first-order chi connectivity index (χ1) is 12.9. The fraction of sp³-hybridized carbons (Fsp3) is 0.381. The van der Waals surface area contributed by atoms with Crippen LogP contribution in [0.5, 0.6) is 0 Å². The molecule has 2 aromatic rings. The van der Waals surface area contributed by atoms with Crippen molar-refractivity contribution in [1.82, 2.24) is 4.72 Å². The molecule has 0 saturated heterocycles. The number of sulfonamides is 1. The summed E-state index contributed by atoms with van der Waals surface area (Å²) in [5.74, 6) is -0.558. The van der Waals surface area contributed by atoms with Gasteiger partial charge in [0.2, 0.25) is 10.0 Å². The van der Waals surface area contributed by atoms with E-state index in [-0.39, 0.29) is 22.4 Å². The molecule has 0 aromatic heterocycles. The van der Waals surface area contributed by atoms with Gasteiger partial charge in [0.15, 0.2) is 0 Å². The van der Waals surface area contributed by atoms with Crippen LogP contribution >= 0.6 is 11.8 Å². The van der Waals surface area contributed by atoms with Crippen molar-refractivity contribution in [3.63, 3.8) is 0 Å². The molecule has 0 fully saturated rings. The van der Waals surface area contributed by atoms with Crippen LogP contribution in [0, 0.1) is 13.8 Å². The van der Waals surface area contributed by atoms with E-state index in [4.69, 9.17) is 0 Å². The van der Waals surface area contributed by atoms with Gasteiger partial charge in [-0.15, -0.1) is 11.8 Å². The molecule has 5 nitrogen and oxygen atoms in total. The summed E-state index contributed by atoms with van der Waals surface area (Å²) in [5, 5.41) is 9.27. The maximum atomic E-state index is 12.5. The molecule has 0 unspecified atom stereocenters. The van der Waals surface area contributed by atoms with Crippen molar-refractivity contribution in [1.29, 1.82) is 0 Å². The van der Waals surface area contributed by atoms with Gasteiger partial charge < -0.3 is 5.11 Å². The van der Waals surface area contributed by atoms with Crippen LogP contribution in [0.15, 0.2) is 46.2 Å². The van der Waals surface area contributed by atoms with Gasteiger partial charge in [-0.25, -0.2) is 17.9 Å². The minimum atomic E-state index is -3.76. The van der Waals surface area contributed by atoms with Gasteiger partial charge in [-0.3, -0.25) is 0 Å². The second-order valence-electron chi connectivity index (χ2n) is 7.74. The summed E-state index contributed by atoms with van der Waals surface area (Å²) in [6.45, 7) is 10.1. The molecule has 0 radical (unpaired) electrons. The molecule has 0 amide bonds. The van der Waals surface area contributed by atoms with Crippen LogP contribution in [0.4, 0.5) is 0 Å². The lowest BCUT2D eigenvalue weighted by Crippen LogP contribution is -2.26. The molecule has 7 heteroatoms. The Bertz CT molecular complexity index is 959. The Hall–Kier alpha value is -1.83. The molecule has 0 aliphatic carbocycles. The van der Waals surface area contributed by atoms with Crippen LogP contribution in [0.1, 0.15) is 47.8 Å². The Morgan fingerprint density at radius 1 is 1.11 bits per heavy atom. The summed E-state index contributed by atoms with van der Waals surface area (Å²) in [6.07, 6.45) is 0. The summed E-state index contributed by atoms with van der Waals surface area (Å²) in [4.78, 5) is 12.4. The number of aromatic carboxylic acids is 1. The highest BCUT2D eigenvalue weighted by molar-refractivity contribution is 7.99. The summed E-state index contributed by atoms with van der Waals surface area (Å²) >= 11 is 1.57. The molecule has 2 rings (SSSR count). The first-order valence-corrected chi connectivity index (χ1v) is 11.5. The van der Waals surface area contributed by atoms with Crippen molar-refractivity contribution in [2.45, 2.75) is 49.8 Å². The zero-order valence-corrected chi connectivity index (χ0v) is 18.5. The van der Waals surface area contributed by atoms with Crippen molar-refractivity contribution in [3.8, 4) is 0 Å². The number of aryl methyl sites for hydroxylation is 1. The summed E-state index contributed by atoms with van der Waals surface area (Å²) in [6, 6.07) is 11.0. The number of carboxylic acid groups (broad SMARTS) is 1.